The van der Waals surface area contributed by atoms with Crippen LogP contribution in [0.25, 0.3) is 0 Å². The standard InChI is InChI=1S/C16H18N2O2S/c17-13-5-1-2-6-14(13)20-10-16(19)18-9-12-8-11-4-3-7-15(11)21-12/h1-2,5-6,8H,3-4,7,9-10,17H2,(H,18,19). The largest absolute Gasteiger partial charge is 0.482 e. The fourth-order valence-corrected chi connectivity index (χ4v) is 3.67. The summed E-state index contributed by atoms with van der Waals surface area (Å²) in [6.45, 7) is 0.559. The Labute approximate surface area is 127 Å². The molecule has 3 N–H and O–H groups in total. The zero-order valence-corrected chi connectivity index (χ0v) is 12.5. The third kappa shape index (κ3) is 3.36. The average Bonchev–Trinajstić information content (AvgIpc) is 3.05. The zero-order chi connectivity index (χ0) is 14.7. The summed E-state index contributed by atoms with van der Waals surface area (Å²) >= 11 is 1.81. The lowest BCUT2D eigenvalue weighted by Crippen LogP contribution is -2.28. The summed E-state index contributed by atoms with van der Waals surface area (Å²) in [5, 5.41) is 2.88. The molecule has 5 heteroatoms. The predicted molar refractivity (Wildman–Crippen MR) is 84.5 cm³/mol. The minimum atomic E-state index is -0.133. The number of carbonyl (C=O) groups excluding carboxylic acids is 1. The van der Waals surface area contributed by atoms with E-state index in [9.17, 15) is 4.79 Å². The van der Waals surface area contributed by atoms with Gasteiger partial charge in [0.05, 0.1) is 12.2 Å². The number of hydrogen-bond acceptors (Lipinski definition) is 4. The Morgan fingerprint density at radius 3 is 3.00 bits per heavy atom. The SMILES string of the molecule is Nc1ccccc1OCC(=O)NCc1cc2c(s1)CCC2. The highest BCUT2D eigenvalue weighted by atomic mass is 32.1. The molecule has 0 aliphatic heterocycles. The normalized spacial score (nSPS) is 13.0. The minimum absolute atomic E-state index is 0.0146. The molecule has 0 radical (unpaired) electrons. The van der Waals surface area contributed by atoms with Crippen LogP contribution in [0.2, 0.25) is 0 Å². The van der Waals surface area contributed by atoms with Crippen LogP contribution in [0.5, 0.6) is 5.75 Å². The van der Waals surface area contributed by atoms with Gasteiger partial charge in [0, 0.05) is 9.75 Å². The van der Waals surface area contributed by atoms with Crippen LogP contribution in [0.3, 0.4) is 0 Å². The first-order valence-corrected chi connectivity index (χ1v) is 7.88. The third-order valence-corrected chi connectivity index (χ3v) is 4.77. The third-order valence-electron chi connectivity index (χ3n) is 3.54. The molecule has 0 saturated carbocycles. The molecular weight excluding hydrogens is 284 g/mol. The van der Waals surface area contributed by atoms with Crippen LogP contribution in [0.1, 0.15) is 21.7 Å². The number of carbonyl (C=O) groups is 1. The Morgan fingerprint density at radius 2 is 2.19 bits per heavy atom. The van der Waals surface area contributed by atoms with Gasteiger partial charge in [0.15, 0.2) is 6.61 Å². The molecule has 0 unspecified atom stereocenters. The quantitative estimate of drug-likeness (QED) is 0.834. The summed E-state index contributed by atoms with van der Waals surface area (Å²) in [4.78, 5) is 14.5. The molecule has 110 valence electrons. The summed E-state index contributed by atoms with van der Waals surface area (Å²) in [6, 6.07) is 9.38. The van der Waals surface area contributed by atoms with E-state index in [0.717, 1.165) is 0 Å². The van der Waals surface area contributed by atoms with Crippen LogP contribution in [-0.2, 0) is 24.2 Å². The van der Waals surface area contributed by atoms with E-state index in [-0.39, 0.29) is 12.5 Å². The molecule has 1 aromatic heterocycles. The highest BCUT2D eigenvalue weighted by Crippen LogP contribution is 2.30. The number of amides is 1. The van der Waals surface area contributed by atoms with Gasteiger partial charge in [-0.05, 0) is 43.0 Å². The van der Waals surface area contributed by atoms with Crippen molar-refractivity contribution in [1.82, 2.24) is 5.32 Å². The molecule has 3 rings (SSSR count). The molecule has 1 aliphatic carbocycles. The van der Waals surface area contributed by atoms with Crippen LogP contribution < -0.4 is 15.8 Å². The Kier molecular flexibility index (Phi) is 4.10. The van der Waals surface area contributed by atoms with Gasteiger partial charge in [0.2, 0.25) is 0 Å². The summed E-state index contributed by atoms with van der Waals surface area (Å²) in [5.41, 5.74) is 7.76. The highest BCUT2D eigenvalue weighted by molar-refractivity contribution is 7.12. The molecule has 1 heterocycles. The Bertz CT molecular complexity index is 630. The van der Waals surface area contributed by atoms with E-state index in [1.54, 1.807) is 23.5 Å². The van der Waals surface area contributed by atoms with E-state index >= 15 is 0 Å². The van der Waals surface area contributed by atoms with Crippen LogP contribution >= 0.6 is 11.3 Å². The number of aryl methyl sites for hydroxylation is 2. The van der Waals surface area contributed by atoms with Crippen molar-refractivity contribution in [2.24, 2.45) is 0 Å². The van der Waals surface area contributed by atoms with Crippen molar-refractivity contribution in [2.45, 2.75) is 25.8 Å². The second-order valence-electron chi connectivity index (χ2n) is 5.12. The highest BCUT2D eigenvalue weighted by Gasteiger charge is 2.15. The number of fused-ring (bicyclic) bond motifs is 1. The van der Waals surface area contributed by atoms with Gasteiger partial charge in [0.1, 0.15) is 5.75 Å². The van der Waals surface area contributed by atoms with Crippen molar-refractivity contribution in [3.05, 3.63) is 45.6 Å². The van der Waals surface area contributed by atoms with Crippen molar-refractivity contribution in [1.29, 1.82) is 0 Å². The fraction of sp³-hybridized carbons (Fsp3) is 0.312. The van der Waals surface area contributed by atoms with Crippen molar-refractivity contribution in [3.63, 3.8) is 0 Å². The lowest BCUT2D eigenvalue weighted by molar-refractivity contribution is -0.123. The average molecular weight is 302 g/mol. The van der Waals surface area contributed by atoms with Crippen LogP contribution in [-0.4, -0.2) is 12.5 Å². The summed E-state index contributed by atoms with van der Waals surface area (Å²) < 4.78 is 5.41. The van der Waals surface area contributed by atoms with Crippen molar-refractivity contribution in [2.75, 3.05) is 12.3 Å². The Morgan fingerprint density at radius 1 is 1.33 bits per heavy atom. The number of nitrogens with two attached hydrogens (primary N) is 1. The molecule has 4 nitrogen and oxygen atoms in total. The molecular formula is C16H18N2O2S. The van der Waals surface area contributed by atoms with E-state index in [1.807, 2.05) is 12.1 Å². The lowest BCUT2D eigenvalue weighted by Gasteiger charge is -2.08. The van der Waals surface area contributed by atoms with E-state index in [1.165, 1.54) is 34.6 Å². The van der Waals surface area contributed by atoms with Gasteiger partial charge in [-0.25, -0.2) is 0 Å². The maximum absolute atomic E-state index is 11.8. The van der Waals surface area contributed by atoms with Gasteiger partial charge in [-0.2, -0.15) is 0 Å². The molecule has 1 amide bonds. The molecule has 1 aromatic carbocycles. The Hall–Kier alpha value is -2.01. The Balaban J connectivity index is 1.47. The first kappa shape index (κ1) is 13.9. The number of benzene rings is 1. The second kappa shape index (κ2) is 6.18. The number of para-hydroxylation sites is 2. The smallest absolute Gasteiger partial charge is 0.258 e. The first-order chi connectivity index (χ1) is 10.2. The van der Waals surface area contributed by atoms with Crippen LogP contribution in [0.15, 0.2) is 30.3 Å². The maximum atomic E-state index is 11.8. The molecule has 0 bridgehead atoms. The summed E-state index contributed by atoms with van der Waals surface area (Å²) in [7, 11) is 0. The number of anilines is 1. The van der Waals surface area contributed by atoms with Crippen molar-refractivity contribution >= 4 is 22.9 Å². The summed E-state index contributed by atoms with van der Waals surface area (Å²) in [6.07, 6.45) is 3.63. The molecule has 0 atom stereocenters. The van der Waals surface area contributed by atoms with E-state index in [2.05, 4.69) is 11.4 Å². The zero-order valence-electron chi connectivity index (χ0n) is 11.7. The topological polar surface area (TPSA) is 64.3 Å². The summed E-state index contributed by atoms with van der Waals surface area (Å²) in [5.74, 6) is 0.412. The fourth-order valence-electron chi connectivity index (χ4n) is 2.47. The van der Waals surface area contributed by atoms with Gasteiger partial charge in [0.25, 0.3) is 5.91 Å². The first-order valence-electron chi connectivity index (χ1n) is 7.07. The van der Waals surface area contributed by atoms with E-state index < -0.39 is 0 Å². The molecule has 0 spiro atoms. The van der Waals surface area contributed by atoms with Gasteiger partial charge < -0.3 is 15.8 Å². The van der Waals surface area contributed by atoms with Gasteiger partial charge in [-0.3, -0.25) is 4.79 Å². The number of nitrogens with one attached hydrogen (secondary N) is 1. The number of nitrogen functional groups attached to an aromatic ring is 1. The minimum Gasteiger partial charge on any atom is -0.482 e. The number of thiophene rings is 1. The molecule has 0 saturated heterocycles. The van der Waals surface area contributed by atoms with Gasteiger partial charge >= 0.3 is 0 Å². The van der Waals surface area contributed by atoms with E-state index in [4.69, 9.17) is 10.5 Å². The lowest BCUT2D eigenvalue weighted by atomic mass is 10.2. The predicted octanol–water partition coefficient (Wildman–Crippen LogP) is 2.51. The number of hydrogen-bond donors (Lipinski definition) is 2. The molecule has 2 aromatic rings. The number of rotatable bonds is 5. The van der Waals surface area contributed by atoms with Gasteiger partial charge in [-0.15, -0.1) is 11.3 Å². The molecule has 1 aliphatic rings. The van der Waals surface area contributed by atoms with Gasteiger partial charge in [-0.1, -0.05) is 12.1 Å². The molecule has 0 fully saturated rings. The van der Waals surface area contributed by atoms with Crippen LogP contribution in [0.4, 0.5) is 5.69 Å². The maximum Gasteiger partial charge on any atom is 0.258 e. The second-order valence-corrected chi connectivity index (χ2v) is 6.34. The van der Waals surface area contributed by atoms with Crippen LogP contribution in [0, 0.1) is 0 Å². The van der Waals surface area contributed by atoms with Crippen molar-refractivity contribution in [3.8, 4) is 5.75 Å². The monoisotopic (exact) mass is 302 g/mol. The molecule has 21 heavy (non-hydrogen) atoms. The van der Waals surface area contributed by atoms with E-state index in [0.29, 0.717) is 18.0 Å². The van der Waals surface area contributed by atoms with Crippen molar-refractivity contribution < 1.29 is 9.53 Å². The number of ether oxygens (including phenoxy) is 1.